The van der Waals surface area contributed by atoms with Crippen molar-refractivity contribution in [2.24, 2.45) is 0 Å². The van der Waals surface area contributed by atoms with Crippen LogP contribution in [0, 0.1) is 0 Å². The number of rotatable bonds is 15. The predicted molar refractivity (Wildman–Crippen MR) is 136 cm³/mol. The Hall–Kier alpha value is -2.42. The maximum Gasteiger partial charge on any atom is 0.299 e. The highest BCUT2D eigenvalue weighted by Gasteiger charge is 2.24. The number of benzene rings is 2. The maximum absolute atomic E-state index is 12.5. The number of carboxylic acids is 1. The summed E-state index contributed by atoms with van der Waals surface area (Å²) in [4.78, 5) is 11.0. The van der Waals surface area contributed by atoms with Gasteiger partial charge in [-0.2, -0.15) is 13.1 Å². The predicted octanol–water partition coefficient (Wildman–Crippen LogP) is 2.67. The first-order valence-electron chi connectivity index (χ1n) is 11.9. The van der Waals surface area contributed by atoms with E-state index in [1.54, 1.807) is 12.1 Å². The van der Waals surface area contributed by atoms with Crippen LogP contribution in [0.4, 0.5) is 5.69 Å². The van der Waals surface area contributed by atoms with Crippen molar-refractivity contribution in [1.29, 1.82) is 0 Å². The van der Waals surface area contributed by atoms with Crippen LogP contribution in [0.3, 0.4) is 0 Å². The zero-order chi connectivity index (χ0) is 25.2. The van der Waals surface area contributed by atoms with Gasteiger partial charge in [-0.1, -0.05) is 56.2 Å². The molecule has 0 saturated carbocycles. The van der Waals surface area contributed by atoms with E-state index in [0.717, 1.165) is 24.8 Å². The number of likely N-dealkylation sites (N-methyl/N-ethyl adjacent to an activating group) is 1. The van der Waals surface area contributed by atoms with E-state index < -0.39 is 28.6 Å². The fourth-order valence-electron chi connectivity index (χ4n) is 3.89. The molecule has 0 bridgehead atoms. The van der Waals surface area contributed by atoms with Gasteiger partial charge in [0.15, 0.2) is 0 Å². The van der Waals surface area contributed by atoms with Crippen LogP contribution in [0.25, 0.3) is 0 Å². The molecule has 0 fully saturated rings. The highest BCUT2D eigenvalue weighted by atomic mass is 32.2. The molecular formula is C26H39N3O4S. The lowest BCUT2D eigenvalue weighted by Gasteiger charge is -2.29. The molecule has 2 N–H and O–H groups in total. The normalized spacial score (nSPS) is 12.9. The van der Waals surface area contributed by atoms with Gasteiger partial charge in [-0.3, -0.25) is 4.72 Å². The van der Waals surface area contributed by atoms with Gasteiger partial charge in [-0.15, -0.1) is 0 Å². The molecule has 0 aliphatic carbocycles. The quantitative estimate of drug-likeness (QED) is 0.297. The van der Waals surface area contributed by atoms with E-state index in [2.05, 4.69) is 40.6 Å². The number of hydrogen-bond donors (Lipinski definition) is 2. The van der Waals surface area contributed by atoms with E-state index in [4.69, 9.17) is 0 Å². The van der Waals surface area contributed by atoms with Crippen LogP contribution in [-0.4, -0.2) is 52.6 Å². The number of carbonyl (C=O) groups excluding carboxylic acids is 1. The second kappa shape index (κ2) is 12.9. The van der Waals surface area contributed by atoms with Gasteiger partial charge in [-0.25, -0.2) is 0 Å². The lowest BCUT2D eigenvalue weighted by Crippen LogP contribution is -2.51. The summed E-state index contributed by atoms with van der Waals surface area (Å²) >= 11 is 0. The van der Waals surface area contributed by atoms with E-state index in [0.29, 0.717) is 16.7 Å². The second-order valence-corrected chi connectivity index (χ2v) is 11.4. The highest BCUT2D eigenvalue weighted by molar-refractivity contribution is 7.90. The Balaban J connectivity index is 1.90. The van der Waals surface area contributed by atoms with Crippen LogP contribution < -0.4 is 14.6 Å². The maximum atomic E-state index is 12.5. The fourth-order valence-corrected chi connectivity index (χ4v) is 4.99. The topological polar surface area (TPSA) is 98.3 Å². The lowest BCUT2D eigenvalue weighted by molar-refractivity contribution is -0.871. The Morgan fingerprint density at radius 1 is 0.882 bits per heavy atom. The molecule has 0 saturated heterocycles. The van der Waals surface area contributed by atoms with Crippen molar-refractivity contribution < 1.29 is 22.8 Å². The van der Waals surface area contributed by atoms with Gasteiger partial charge in [0.25, 0.3) is 10.2 Å². The molecule has 2 aromatic rings. The van der Waals surface area contributed by atoms with E-state index in [1.807, 2.05) is 33.3 Å². The largest absolute Gasteiger partial charge is 0.550 e. The van der Waals surface area contributed by atoms with Crippen LogP contribution in [-0.2, 0) is 34.3 Å². The van der Waals surface area contributed by atoms with E-state index in [-0.39, 0.29) is 0 Å². The monoisotopic (exact) mass is 489 g/mol. The Labute approximate surface area is 205 Å². The van der Waals surface area contributed by atoms with Crippen molar-refractivity contribution in [2.75, 3.05) is 32.4 Å². The summed E-state index contributed by atoms with van der Waals surface area (Å²) in [6.07, 6.45) is 6.23. The number of carbonyl (C=O) groups is 1. The first-order valence-corrected chi connectivity index (χ1v) is 13.4. The molecule has 0 aliphatic rings. The molecule has 34 heavy (non-hydrogen) atoms. The molecule has 2 aromatic carbocycles. The minimum Gasteiger partial charge on any atom is -0.550 e. The van der Waals surface area contributed by atoms with Gasteiger partial charge in [-0.05, 0) is 54.5 Å². The van der Waals surface area contributed by atoms with Crippen LogP contribution in [0.1, 0.15) is 49.3 Å². The minimum absolute atomic E-state index is 0.313. The SMILES string of the molecule is CCCCCc1ccc(CCc2ccc(NS(=O)(=O)N[C@H](CC(=O)[O-])C[N+](C)(C)C)cc2)cc1. The average molecular weight is 490 g/mol. The van der Waals surface area contributed by atoms with Crippen molar-refractivity contribution in [2.45, 2.75) is 57.9 Å². The molecular weight excluding hydrogens is 450 g/mol. The summed E-state index contributed by atoms with van der Waals surface area (Å²) in [5.74, 6) is -1.29. The Bertz CT molecular complexity index is 998. The van der Waals surface area contributed by atoms with Crippen LogP contribution >= 0.6 is 0 Å². The van der Waals surface area contributed by atoms with Gasteiger partial charge < -0.3 is 14.4 Å². The third kappa shape index (κ3) is 11.1. The van der Waals surface area contributed by atoms with E-state index >= 15 is 0 Å². The van der Waals surface area contributed by atoms with Crippen LogP contribution in [0.15, 0.2) is 48.5 Å². The van der Waals surface area contributed by atoms with Gasteiger partial charge >= 0.3 is 0 Å². The number of carboxylic acid groups (broad SMARTS) is 1. The molecule has 188 valence electrons. The number of hydrogen-bond acceptors (Lipinski definition) is 4. The molecule has 0 heterocycles. The number of nitrogens with one attached hydrogen (secondary N) is 2. The average Bonchev–Trinajstić information content (AvgIpc) is 2.72. The Morgan fingerprint density at radius 2 is 1.38 bits per heavy atom. The van der Waals surface area contributed by atoms with E-state index in [9.17, 15) is 18.3 Å². The first kappa shape index (κ1) is 27.8. The third-order valence-corrected chi connectivity index (χ3v) is 6.65. The molecule has 0 unspecified atom stereocenters. The van der Waals surface area contributed by atoms with E-state index in [1.165, 1.54) is 30.4 Å². The molecule has 8 heteroatoms. The summed E-state index contributed by atoms with van der Waals surface area (Å²) in [5.41, 5.74) is 4.20. The van der Waals surface area contributed by atoms with Crippen molar-refractivity contribution in [3.8, 4) is 0 Å². The Kier molecular flexibility index (Phi) is 10.5. The zero-order valence-electron chi connectivity index (χ0n) is 20.8. The van der Waals surface area contributed by atoms with Crippen LogP contribution in [0.5, 0.6) is 0 Å². The summed E-state index contributed by atoms with van der Waals surface area (Å²) in [6.45, 7) is 2.53. The van der Waals surface area contributed by atoms with Crippen molar-refractivity contribution >= 4 is 21.9 Å². The molecule has 0 aromatic heterocycles. The standard InChI is InChI=1S/C26H39N3O4S/c1-5-6-7-8-21-9-11-22(12-10-21)13-14-23-15-17-24(18-16-23)27-34(32,33)28-25(19-26(30)31)20-29(2,3)4/h9-12,15-18,25,27-28H,5-8,13-14,19-20H2,1-4H3/t25-/m1/s1. The molecule has 0 radical (unpaired) electrons. The summed E-state index contributed by atoms with van der Waals surface area (Å²) < 4.78 is 30.4. The number of unbranched alkanes of at least 4 members (excludes halogenated alkanes) is 2. The zero-order valence-corrected chi connectivity index (χ0v) is 21.7. The van der Waals surface area contributed by atoms with Gasteiger partial charge in [0, 0.05) is 18.1 Å². The second-order valence-electron chi connectivity index (χ2n) is 9.94. The molecule has 7 nitrogen and oxygen atoms in total. The smallest absolute Gasteiger partial charge is 0.299 e. The van der Waals surface area contributed by atoms with Gasteiger partial charge in [0.05, 0.1) is 33.7 Å². The first-order chi connectivity index (χ1) is 16.0. The highest BCUT2D eigenvalue weighted by Crippen LogP contribution is 2.15. The van der Waals surface area contributed by atoms with Crippen molar-refractivity contribution in [1.82, 2.24) is 4.72 Å². The summed E-state index contributed by atoms with van der Waals surface area (Å²) in [5, 5.41) is 11.0. The number of anilines is 1. The molecule has 0 aliphatic heterocycles. The lowest BCUT2D eigenvalue weighted by atomic mass is 10.0. The van der Waals surface area contributed by atoms with Crippen LogP contribution in [0.2, 0.25) is 0 Å². The fraction of sp³-hybridized carbons (Fsp3) is 0.500. The van der Waals surface area contributed by atoms with Crippen molar-refractivity contribution in [3.63, 3.8) is 0 Å². The number of aliphatic carboxylic acids is 1. The third-order valence-electron chi connectivity index (χ3n) is 5.50. The number of nitrogens with zero attached hydrogens (tertiary/aromatic N) is 1. The minimum atomic E-state index is -3.93. The number of quaternary nitrogens is 1. The number of aryl methyl sites for hydroxylation is 3. The molecule has 1 atom stereocenters. The van der Waals surface area contributed by atoms with Crippen molar-refractivity contribution in [3.05, 3.63) is 65.2 Å². The van der Waals surface area contributed by atoms with Gasteiger partial charge in [0.1, 0.15) is 0 Å². The summed E-state index contributed by atoms with van der Waals surface area (Å²) in [7, 11) is 1.66. The molecule has 0 spiro atoms. The van der Waals surface area contributed by atoms with Gasteiger partial charge in [0.2, 0.25) is 0 Å². The molecule has 0 amide bonds. The summed E-state index contributed by atoms with van der Waals surface area (Å²) in [6, 6.07) is 15.3. The Morgan fingerprint density at radius 3 is 1.85 bits per heavy atom. The molecule has 2 rings (SSSR count).